The van der Waals surface area contributed by atoms with Gasteiger partial charge in [-0.1, -0.05) is 31.5 Å². The van der Waals surface area contributed by atoms with Gasteiger partial charge in [-0.2, -0.15) is 0 Å². The van der Waals surface area contributed by atoms with Gasteiger partial charge in [-0.05, 0) is 38.3 Å². The number of hydrogen-bond donors (Lipinski definition) is 1. The van der Waals surface area contributed by atoms with Gasteiger partial charge in [0.25, 0.3) is 0 Å². The van der Waals surface area contributed by atoms with E-state index in [9.17, 15) is 13.2 Å². The molecule has 2 atom stereocenters. The Bertz CT molecular complexity index is 640. The highest BCUT2D eigenvalue weighted by Gasteiger charge is 2.32. The first-order valence-electron chi connectivity index (χ1n) is 8.20. The number of carbonyl (C=O) groups is 1. The van der Waals surface area contributed by atoms with Crippen molar-refractivity contribution < 1.29 is 13.2 Å². The van der Waals surface area contributed by atoms with E-state index in [1.165, 1.54) is 0 Å². The molecule has 2 unspecified atom stereocenters. The van der Waals surface area contributed by atoms with Crippen molar-refractivity contribution >= 4 is 21.6 Å². The molecule has 1 aromatic rings. The summed E-state index contributed by atoms with van der Waals surface area (Å²) < 4.78 is 27.1. The monoisotopic (exact) mass is 338 g/mol. The average molecular weight is 338 g/mol. The maximum atomic E-state index is 12.5. The van der Waals surface area contributed by atoms with E-state index in [1.54, 1.807) is 19.1 Å². The molecule has 1 N–H and O–H groups in total. The van der Waals surface area contributed by atoms with Crippen LogP contribution in [-0.2, 0) is 14.8 Å². The van der Waals surface area contributed by atoms with E-state index in [-0.39, 0.29) is 17.7 Å². The summed E-state index contributed by atoms with van der Waals surface area (Å²) in [7, 11) is -3.54. The second-order valence-electron chi connectivity index (χ2n) is 6.39. The van der Waals surface area contributed by atoms with E-state index in [0.717, 1.165) is 31.4 Å². The van der Waals surface area contributed by atoms with Crippen LogP contribution in [0.2, 0.25) is 0 Å². The summed E-state index contributed by atoms with van der Waals surface area (Å²) in [5, 5.41) is 0. The Hall–Kier alpha value is -1.56. The first kappa shape index (κ1) is 17.8. The molecule has 1 aliphatic rings. The summed E-state index contributed by atoms with van der Waals surface area (Å²) in [6.45, 7) is 6.45. The van der Waals surface area contributed by atoms with E-state index >= 15 is 0 Å². The van der Waals surface area contributed by atoms with Gasteiger partial charge in [0.15, 0.2) is 0 Å². The second kappa shape index (κ2) is 7.34. The van der Waals surface area contributed by atoms with Crippen molar-refractivity contribution in [2.45, 2.75) is 46.1 Å². The highest BCUT2D eigenvalue weighted by molar-refractivity contribution is 7.92. The number of hydrogen-bond acceptors (Lipinski definition) is 3. The number of sulfonamides is 1. The smallest absolute Gasteiger partial charge is 0.233 e. The van der Waals surface area contributed by atoms with Crippen LogP contribution in [0.3, 0.4) is 0 Å². The van der Waals surface area contributed by atoms with Gasteiger partial charge in [0, 0.05) is 18.3 Å². The lowest BCUT2D eigenvalue weighted by molar-refractivity contribution is -0.135. The molecule has 0 aliphatic carbocycles. The molecule has 0 saturated carbocycles. The molecule has 5 nitrogen and oxygen atoms in total. The zero-order chi connectivity index (χ0) is 17.0. The minimum atomic E-state index is -3.54. The fraction of sp³-hybridized carbons (Fsp3) is 0.588. The van der Waals surface area contributed by atoms with E-state index in [0.29, 0.717) is 5.69 Å². The van der Waals surface area contributed by atoms with Gasteiger partial charge in [-0.3, -0.25) is 9.52 Å². The third-order valence-electron chi connectivity index (χ3n) is 4.35. The molecule has 1 aromatic carbocycles. The summed E-state index contributed by atoms with van der Waals surface area (Å²) in [5.41, 5.74) is 1.60. The SMILES string of the molecule is CCC1CCCN1C(=O)C(C)CS(=O)(=O)Nc1ccc(C)cc1. The highest BCUT2D eigenvalue weighted by atomic mass is 32.2. The van der Waals surface area contributed by atoms with Crippen LogP contribution in [0.4, 0.5) is 5.69 Å². The standard InChI is InChI=1S/C17H26N2O3S/c1-4-16-6-5-11-19(16)17(20)14(3)12-23(21,22)18-15-9-7-13(2)8-10-15/h7-10,14,16,18H,4-6,11-12H2,1-3H3. The van der Waals surface area contributed by atoms with Crippen LogP contribution in [0.1, 0.15) is 38.7 Å². The molecular weight excluding hydrogens is 312 g/mol. The molecule has 0 radical (unpaired) electrons. The fourth-order valence-electron chi connectivity index (χ4n) is 3.08. The maximum Gasteiger partial charge on any atom is 0.233 e. The molecule has 1 heterocycles. The maximum absolute atomic E-state index is 12.5. The van der Waals surface area contributed by atoms with Crippen LogP contribution in [0.15, 0.2) is 24.3 Å². The summed E-state index contributed by atoms with van der Waals surface area (Å²) in [6, 6.07) is 7.42. The number of carbonyl (C=O) groups excluding carboxylic acids is 1. The summed E-state index contributed by atoms with van der Waals surface area (Å²) in [5.74, 6) is -0.777. The molecular formula is C17H26N2O3S. The van der Waals surface area contributed by atoms with E-state index in [1.807, 2.05) is 24.0 Å². The Balaban J connectivity index is 1.98. The Morgan fingerprint density at radius 3 is 2.61 bits per heavy atom. The molecule has 1 amide bonds. The fourth-order valence-corrected chi connectivity index (χ4v) is 4.46. The Labute approximate surface area is 139 Å². The minimum Gasteiger partial charge on any atom is -0.339 e. The first-order valence-corrected chi connectivity index (χ1v) is 9.85. The van der Waals surface area contributed by atoms with Crippen LogP contribution in [0, 0.1) is 12.8 Å². The van der Waals surface area contributed by atoms with Crippen LogP contribution in [-0.4, -0.2) is 37.6 Å². The molecule has 1 fully saturated rings. The number of anilines is 1. The molecule has 1 aliphatic heterocycles. The Morgan fingerprint density at radius 1 is 1.35 bits per heavy atom. The van der Waals surface area contributed by atoms with Gasteiger partial charge in [-0.15, -0.1) is 0 Å². The Morgan fingerprint density at radius 2 is 2.00 bits per heavy atom. The lowest BCUT2D eigenvalue weighted by Gasteiger charge is -2.26. The molecule has 23 heavy (non-hydrogen) atoms. The molecule has 1 saturated heterocycles. The largest absolute Gasteiger partial charge is 0.339 e. The molecule has 0 aromatic heterocycles. The van der Waals surface area contributed by atoms with Crippen LogP contribution in [0.5, 0.6) is 0 Å². The number of aryl methyl sites for hydroxylation is 1. The number of nitrogens with zero attached hydrogens (tertiary/aromatic N) is 1. The lowest BCUT2D eigenvalue weighted by Crippen LogP contribution is -2.41. The van der Waals surface area contributed by atoms with E-state index in [2.05, 4.69) is 11.6 Å². The van der Waals surface area contributed by atoms with Gasteiger partial charge < -0.3 is 4.90 Å². The molecule has 2 rings (SSSR count). The highest BCUT2D eigenvalue weighted by Crippen LogP contribution is 2.22. The van der Waals surface area contributed by atoms with Crippen molar-refractivity contribution in [2.24, 2.45) is 5.92 Å². The second-order valence-corrected chi connectivity index (χ2v) is 8.15. The number of benzene rings is 1. The van der Waals surface area contributed by atoms with E-state index in [4.69, 9.17) is 0 Å². The third-order valence-corrected chi connectivity index (χ3v) is 5.83. The Kier molecular flexibility index (Phi) is 5.68. The summed E-state index contributed by atoms with van der Waals surface area (Å²) in [6.07, 6.45) is 2.95. The van der Waals surface area contributed by atoms with Gasteiger partial charge in [0.05, 0.1) is 11.7 Å². The van der Waals surface area contributed by atoms with Crippen LogP contribution < -0.4 is 4.72 Å². The van der Waals surface area contributed by atoms with Crippen molar-refractivity contribution in [1.82, 2.24) is 4.90 Å². The molecule has 6 heteroatoms. The van der Waals surface area contributed by atoms with Crippen molar-refractivity contribution in [3.05, 3.63) is 29.8 Å². The summed E-state index contributed by atoms with van der Waals surface area (Å²) >= 11 is 0. The zero-order valence-electron chi connectivity index (χ0n) is 14.1. The molecule has 0 bridgehead atoms. The van der Waals surface area contributed by atoms with Gasteiger partial charge in [0.1, 0.15) is 0 Å². The molecule has 128 valence electrons. The van der Waals surface area contributed by atoms with Gasteiger partial charge >= 0.3 is 0 Å². The number of nitrogens with one attached hydrogen (secondary N) is 1. The van der Waals surface area contributed by atoms with Gasteiger partial charge in [-0.25, -0.2) is 8.42 Å². The zero-order valence-corrected chi connectivity index (χ0v) is 14.9. The van der Waals surface area contributed by atoms with E-state index < -0.39 is 15.9 Å². The van der Waals surface area contributed by atoms with Crippen molar-refractivity contribution in [1.29, 1.82) is 0 Å². The van der Waals surface area contributed by atoms with Crippen molar-refractivity contribution in [3.8, 4) is 0 Å². The minimum absolute atomic E-state index is 0.0522. The lowest BCUT2D eigenvalue weighted by atomic mass is 10.1. The number of amides is 1. The summed E-state index contributed by atoms with van der Waals surface area (Å²) in [4.78, 5) is 14.4. The normalized spacial score (nSPS) is 19.6. The predicted molar refractivity (Wildman–Crippen MR) is 92.8 cm³/mol. The molecule has 0 spiro atoms. The van der Waals surface area contributed by atoms with Crippen molar-refractivity contribution in [3.63, 3.8) is 0 Å². The first-order chi connectivity index (χ1) is 10.8. The third kappa shape index (κ3) is 4.70. The average Bonchev–Trinajstić information content (AvgIpc) is 2.96. The number of rotatable bonds is 6. The topological polar surface area (TPSA) is 66.5 Å². The van der Waals surface area contributed by atoms with Crippen LogP contribution >= 0.6 is 0 Å². The number of likely N-dealkylation sites (tertiary alicyclic amines) is 1. The van der Waals surface area contributed by atoms with Crippen molar-refractivity contribution in [2.75, 3.05) is 17.0 Å². The predicted octanol–water partition coefficient (Wildman–Crippen LogP) is 2.77. The van der Waals surface area contributed by atoms with Crippen LogP contribution in [0.25, 0.3) is 0 Å². The van der Waals surface area contributed by atoms with Gasteiger partial charge in [0.2, 0.25) is 15.9 Å². The quantitative estimate of drug-likeness (QED) is 0.867.